The Bertz CT molecular complexity index is 355. The Kier molecular flexibility index (Phi) is 3.94. The third kappa shape index (κ3) is 3.40. The summed E-state index contributed by atoms with van der Waals surface area (Å²) in [5.74, 6) is 1.82. The molecule has 1 aliphatic rings. The fourth-order valence-electron chi connectivity index (χ4n) is 2.24. The van der Waals surface area contributed by atoms with Crippen LogP contribution in [0.3, 0.4) is 0 Å². The van der Waals surface area contributed by atoms with Gasteiger partial charge in [0, 0.05) is 32.0 Å². The Balaban J connectivity index is 2.00. The molecule has 94 valence electrons. The molecular weight excluding hydrogens is 214 g/mol. The summed E-state index contributed by atoms with van der Waals surface area (Å²) in [4.78, 5) is 10.9. The van der Waals surface area contributed by atoms with Gasteiger partial charge in [-0.3, -0.25) is 0 Å². The molecule has 0 amide bonds. The summed E-state index contributed by atoms with van der Waals surface area (Å²) in [6.45, 7) is 5.75. The lowest BCUT2D eigenvalue weighted by molar-refractivity contribution is 0.0215. The number of aryl methyl sites for hydroxylation is 2. The van der Waals surface area contributed by atoms with Gasteiger partial charge in [-0.25, -0.2) is 9.97 Å². The van der Waals surface area contributed by atoms with Gasteiger partial charge in [0.2, 0.25) is 0 Å². The van der Waals surface area contributed by atoms with E-state index >= 15 is 0 Å². The lowest BCUT2D eigenvalue weighted by Crippen LogP contribution is -2.33. The number of hydrogen-bond acceptors (Lipinski definition) is 4. The van der Waals surface area contributed by atoms with Crippen LogP contribution < -0.4 is 4.90 Å². The highest BCUT2D eigenvalue weighted by Crippen LogP contribution is 2.17. The molecule has 0 aromatic carbocycles. The highest BCUT2D eigenvalue weighted by Gasteiger charge is 2.16. The van der Waals surface area contributed by atoms with Crippen LogP contribution in [0.4, 0.5) is 5.82 Å². The fourth-order valence-corrected chi connectivity index (χ4v) is 2.24. The van der Waals surface area contributed by atoms with Crippen molar-refractivity contribution in [3.63, 3.8) is 0 Å². The molecule has 2 heterocycles. The summed E-state index contributed by atoms with van der Waals surface area (Å²) in [5, 5.41) is 0. The molecule has 1 saturated heterocycles. The first-order valence-electron chi connectivity index (χ1n) is 6.30. The molecule has 1 aromatic rings. The van der Waals surface area contributed by atoms with Crippen molar-refractivity contribution in [1.82, 2.24) is 9.97 Å². The Morgan fingerprint density at radius 1 is 1.35 bits per heavy atom. The van der Waals surface area contributed by atoms with E-state index < -0.39 is 0 Å². The van der Waals surface area contributed by atoms with Crippen LogP contribution in [0.15, 0.2) is 6.07 Å². The molecule has 0 N–H and O–H groups in total. The number of ether oxygens (including phenoxy) is 1. The van der Waals surface area contributed by atoms with E-state index in [0.29, 0.717) is 6.10 Å². The monoisotopic (exact) mass is 235 g/mol. The molecule has 2 rings (SSSR count). The van der Waals surface area contributed by atoms with Gasteiger partial charge in [-0.15, -0.1) is 0 Å². The highest BCUT2D eigenvalue weighted by molar-refractivity contribution is 5.38. The summed E-state index contributed by atoms with van der Waals surface area (Å²) < 4.78 is 5.75. The van der Waals surface area contributed by atoms with Crippen LogP contribution in [0, 0.1) is 13.8 Å². The van der Waals surface area contributed by atoms with Crippen molar-refractivity contribution in [2.45, 2.75) is 39.2 Å². The maximum absolute atomic E-state index is 5.75. The second-order valence-electron chi connectivity index (χ2n) is 4.78. The summed E-state index contributed by atoms with van der Waals surface area (Å²) in [6, 6.07) is 2.02. The number of rotatable bonds is 3. The van der Waals surface area contributed by atoms with Crippen molar-refractivity contribution in [3.05, 3.63) is 17.6 Å². The standard InChI is InChI=1S/C13H21N3O/c1-10-8-13(15-11(2)14-10)16(3)9-12-6-4-5-7-17-12/h8,12H,4-7,9H2,1-3H3. The Morgan fingerprint density at radius 2 is 2.18 bits per heavy atom. The molecule has 1 aliphatic heterocycles. The van der Waals surface area contributed by atoms with Gasteiger partial charge in [-0.2, -0.15) is 0 Å². The van der Waals surface area contributed by atoms with Gasteiger partial charge in [0.1, 0.15) is 11.6 Å². The van der Waals surface area contributed by atoms with Gasteiger partial charge >= 0.3 is 0 Å². The van der Waals surface area contributed by atoms with Crippen LogP contribution in [0.25, 0.3) is 0 Å². The van der Waals surface area contributed by atoms with Crippen molar-refractivity contribution < 1.29 is 4.74 Å². The molecule has 4 heteroatoms. The minimum Gasteiger partial charge on any atom is -0.376 e. The summed E-state index contributed by atoms with van der Waals surface area (Å²) in [7, 11) is 2.07. The molecule has 4 nitrogen and oxygen atoms in total. The summed E-state index contributed by atoms with van der Waals surface area (Å²) in [5.41, 5.74) is 1.02. The van der Waals surface area contributed by atoms with Gasteiger partial charge in [0.05, 0.1) is 6.10 Å². The van der Waals surface area contributed by atoms with Gasteiger partial charge in [-0.05, 0) is 33.1 Å². The van der Waals surface area contributed by atoms with Crippen molar-refractivity contribution in [1.29, 1.82) is 0 Å². The third-order valence-corrected chi connectivity index (χ3v) is 3.10. The molecule has 0 aliphatic carbocycles. The van der Waals surface area contributed by atoms with Crippen molar-refractivity contribution in [3.8, 4) is 0 Å². The molecule has 1 fully saturated rings. The first kappa shape index (κ1) is 12.3. The lowest BCUT2D eigenvalue weighted by Gasteiger charge is -2.28. The van der Waals surface area contributed by atoms with E-state index in [1.165, 1.54) is 12.8 Å². The Hall–Kier alpha value is -1.16. The number of hydrogen-bond donors (Lipinski definition) is 0. The van der Waals surface area contributed by atoms with Gasteiger partial charge < -0.3 is 9.64 Å². The average molecular weight is 235 g/mol. The maximum Gasteiger partial charge on any atom is 0.132 e. The molecule has 0 radical (unpaired) electrons. The van der Waals surface area contributed by atoms with Crippen LogP contribution in [0.5, 0.6) is 0 Å². The van der Waals surface area contributed by atoms with E-state index in [1.54, 1.807) is 0 Å². The van der Waals surface area contributed by atoms with E-state index in [4.69, 9.17) is 4.74 Å². The summed E-state index contributed by atoms with van der Waals surface area (Å²) in [6.07, 6.45) is 3.99. The highest BCUT2D eigenvalue weighted by atomic mass is 16.5. The Labute approximate surface area is 103 Å². The minimum absolute atomic E-state index is 0.351. The first-order chi connectivity index (χ1) is 8.15. The third-order valence-electron chi connectivity index (χ3n) is 3.10. The minimum atomic E-state index is 0.351. The number of aromatic nitrogens is 2. The van der Waals surface area contributed by atoms with Crippen molar-refractivity contribution in [2.75, 3.05) is 25.1 Å². The van der Waals surface area contributed by atoms with E-state index in [-0.39, 0.29) is 0 Å². The Morgan fingerprint density at radius 3 is 2.82 bits per heavy atom. The predicted molar refractivity (Wildman–Crippen MR) is 68.4 cm³/mol. The molecule has 0 spiro atoms. The lowest BCUT2D eigenvalue weighted by atomic mass is 10.1. The molecule has 1 atom stereocenters. The molecule has 0 saturated carbocycles. The van der Waals surface area contributed by atoms with Crippen molar-refractivity contribution >= 4 is 5.82 Å². The number of nitrogens with zero attached hydrogens (tertiary/aromatic N) is 3. The van der Waals surface area contributed by atoms with Gasteiger partial charge in [0.15, 0.2) is 0 Å². The number of likely N-dealkylation sites (N-methyl/N-ethyl adjacent to an activating group) is 1. The van der Waals surface area contributed by atoms with Gasteiger partial charge in [0.25, 0.3) is 0 Å². The van der Waals surface area contributed by atoms with Crippen LogP contribution in [0.1, 0.15) is 30.8 Å². The first-order valence-corrected chi connectivity index (χ1v) is 6.30. The second-order valence-corrected chi connectivity index (χ2v) is 4.78. The zero-order valence-electron chi connectivity index (χ0n) is 10.9. The zero-order chi connectivity index (χ0) is 12.3. The molecule has 1 aromatic heterocycles. The normalized spacial score (nSPS) is 20.3. The predicted octanol–water partition coefficient (Wildman–Crippen LogP) is 2.10. The van der Waals surface area contributed by atoms with Crippen LogP contribution in [0.2, 0.25) is 0 Å². The second kappa shape index (κ2) is 5.45. The largest absolute Gasteiger partial charge is 0.376 e. The van der Waals surface area contributed by atoms with E-state index in [0.717, 1.165) is 36.9 Å². The van der Waals surface area contributed by atoms with E-state index in [2.05, 4.69) is 21.9 Å². The molecule has 17 heavy (non-hydrogen) atoms. The quantitative estimate of drug-likeness (QED) is 0.804. The molecule has 0 bridgehead atoms. The average Bonchev–Trinajstić information content (AvgIpc) is 2.29. The maximum atomic E-state index is 5.75. The van der Waals surface area contributed by atoms with Gasteiger partial charge in [-0.1, -0.05) is 0 Å². The van der Waals surface area contributed by atoms with Crippen LogP contribution in [-0.4, -0.2) is 36.3 Å². The smallest absolute Gasteiger partial charge is 0.132 e. The van der Waals surface area contributed by atoms with Crippen LogP contribution >= 0.6 is 0 Å². The summed E-state index contributed by atoms with van der Waals surface area (Å²) >= 11 is 0. The SMILES string of the molecule is Cc1cc(N(C)CC2CCCCO2)nc(C)n1. The zero-order valence-corrected chi connectivity index (χ0v) is 10.9. The molecule has 1 unspecified atom stereocenters. The topological polar surface area (TPSA) is 38.2 Å². The van der Waals surface area contributed by atoms with Crippen molar-refractivity contribution in [2.24, 2.45) is 0 Å². The van der Waals surface area contributed by atoms with E-state index in [1.807, 2.05) is 19.9 Å². The van der Waals surface area contributed by atoms with Crippen LogP contribution in [-0.2, 0) is 4.74 Å². The fraction of sp³-hybridized carbons (Fsp3) is 0.692. The number of anilines is 1. The molecular formula is C13H21N3O. The van der Waals surface area contributed by atoms with E-state index in [9.17, 15) is 0 Å².